The van der Waals surface area contributed by atoms with Gasteiger partial charge >= 0.3 is 0 Å². The number of aromatic nitrogens is 2. The Balaban J connectivity index is 1.48. The monoisotopic (exact) mass is 312 g/mol. The molecule has 5 nitrogen and oxygen atoms in total. The molecule has 1 aromatic heterocycles. The highest BCUT2D eigenvalue weighted by Gasteiger charge is 2.25. The molecule has 2 heterocycles. The van der Waals surface area contributed by atoms with Gasteiger partial charge in [0.05, 0.1) is 18.4 Å². The van der Waals surface area contributed by atoms with Gasteiger partial charge in [-0.3, -0.25) is 4.79 Å². The lowest BCUT2D eigenvalue weighted by Crippen LogP contribution is -2.23. The minimum atomic E-state index is -0.0193. The summed E-state index contributed by atoms with van der Waals surface area (Å²) in [6, 6.07) is 10.6. The van der Waals surface area contributed by atoms with Crippen molar-refractivity contribution in [2.45, 2.75) is 32.2 Å². The van der Waals surface area contributed by atoms with Gasteiger partial charge in [-0.05, 0) is 24.9 Å². The number of hydrogen-bond acceptors (Lipinski definition) is 3. The molecule has 23 heavy (non-hydrogen) atoms. The number of rotatable bonds is 6. The van der Waals surface area contributed by atoms with Gasteiger partial charge in [-0.1, -0.05) is 30.3 Å². The molecule has 122 valence electrons. The standard InChI is InChI=1S/C18H24N4O/c1-14(23)19-11-17-12-20-18(21-17)16-8-10-22(13-16)9-7-15-5-3-2-4-6-15/h2-6,12,16H,7-11,13H2,1H3,(H,19,23)(H,20,21)/t16-/m0/s1. The lowest BCUT2D eigenvalue weighted by molar-refractivity contribution is -0.119. The third-order valence-electron chi connectivity index (χ3n) is 4.39. The minimum Gasteiger partial charge on any atom is -0.351 e. The van der Waals surface area contributed by atoms with Crippen LogP contribution in [0.3, 0.4) is 0 Å². The third-order valence-corrected chi connectivity index (χ3v) is 4.39. The molecule has 0 unspecified atom stereocenters. The lowest BCUT2D eigenvalue weighted by atomic mass is 10.1. The van der Waals surface area contributed by atoms with Crippen molar-refractivity contribution in [2.24, 2.45) is 0 Å². The van der Waals surface area contributed by atoms with Crippen LogP contribution < -0.4 is 5.32 Å². The first kappa shape index (κ1) is 15.7. The number of carbonyl (C=O) groups excluding carboxylic acids is 1. The Morgan fingerprint density at radius 3 is 3.00 bits per heavy atom. The van der Waals surface area contributed by atoms with Gasteiger partial charge in [0.2, 0.25) is 5.91 Å². The summed E-state index contributed by atoms with van der Waals surface area (Å²) in [5.74, 6) is 1.50. The number of H-pyrrole nitrogens is 1. The Kier molecular flexibility index (Phi) is 5.08. The second-order valence-electron chi connectivity index (χ2n) is 6.23. The molecule has 5 heteroatoms. The molecule has 1 saturated heterocycles. The number of aromatic amines is 1. The van der Waals surface area contributed by atoms with Gasteiger partial charge in [-0.2, -0.15) is 0 Å². The van der Waals surface area contributed by atoms with Crippen LogP contribution in [0.4, 0.5) is 0 Å². The second kappa shape index (κ2) is 7.42. The van der Waals surface area contributed by atoms with E-state index in [9.17, 15) is 4.79 Å². The number of nitrogens with zero attached hydrogens (tertiary/aromatic N) is 2. The van der Waals surface area contributed by atoms with Crippen LogP contribution in [0.1, 0.15) is 36.3 Å². The Morgan fingerprint density at radius 2 is 2.22 bits per heavy atom. The predicted octanol–water partition coefficient (Wildman–Crippen LogP) is 2.08. The number of likely N-dealkylation sites (tertiary alicyclic amines) is 1. The fourth-order valence-electron chi connectivity index (χ4n) is 3.08. The van der Waals surface area contributed by atoms with Crippen molar-refractivity contribution in [3.8, 4) is 0 Å². The molecule has 0 bridgehead atoms. The van der Waals surface area contributed by atoms with Crippen LogP contribution in [-0.2, 0) is 17.8 Å². The van der Waals surface area contributed by atoms with Crippen LogP contribution in [0.25, 0.3) is 0 Å². The van der Waals surface area contributed by atoms with E-state index in [1.54, 1.807) is 0 Å². The number of benzene rings is 1. The van der Waals surface area contributed by atoms with Crippen LogP contribution in [0.5, 0.6) is 0 Å². The number of carbonyl (C=O) groups is 1. The van der Waals surface area contributed by atoms with Gasteiger partial charge in [0.25, 0.3) is 0 Å². The van der Waals surface area contributed by atoms with Crippen molar-refractivity contribution < 1.29 is 4.79 Å². The average Bonchev–Trinajstić information content (AvgIpc) is 3.21. The zero-order valence-electron chi connectivity index (χ0n) is 13.6. The molecule has 1 fully saturated rings. The fraction of sp³-hybridized carbons (Fsp3) is 0.444. The molecule has 3 rings (SSSR count). The van der Waals surface area contributed by atoms with E-state index in [1.165, 1.54) is 12.5 Å². The van der Waals surface area contributed by atoms with Crippen molar-refractivity contribution in [1.82, 2.24) is 20.2 Å². The van der Waals surface area contributed by atoms with Gasteiger partial charge in [-0.25, -0.2) is 4.98 Å². The number of hydrogen-bond donors (Lipinski definition) is 2. The van der Waals surface area contributed by atoms with Gasteiger partial charge < -0.3 is 15.2 Å². The molecule has 0 spiro atoms. The molecule has 0 saturated carbocycles. The van der Waals surface area contributed by atoms with Crippen molar-refractivity contribution in [3.05, 3.63) is 53.6 Å². The molecular formula is C18H24N4O. The highest BCUT2D eigenvalue weighted by Crippen LogP contribution is 2.25. The van der Waals surface area contributed by atoms with Gasteiger partial charge in [0.15, 0.2) is 0 Å². The Hall–Kier alpha value is -2.14. The van der Waals surface area contributed by atoms with Gasteiger partial charge in [0.1, 0.15) is 5.82 Å². The molecule has 1 aliphatic heterocycles. The van der Waals surface area contributed by atoms with Crippen molar-refractivity contribution in [1.29, 1.82) is 0 Å². The minimum absolute atomic E-state index is 0.0193. The summed E-state index contributed by atoms with van der Waals surface area (Å²) in [5, 5.41) is 2.79. The number of imidazole rings is 1. The van der Waals surface area contributed by atoms with E-state index in [0.29, 0.717) is 12.5 Å². The Morgan fingerprint density at radius 1 is 1.39 bits per heavy atom. The highest BCUT2D eigenvalue weighted by atomic mass is 16.1. The molecule has 1 atom stereocenters. The first-order valence-electron chi connectivity index (χ1n) is 8.25. The average molecular weight is 312 g/mol. The summed E-state index contributed by atoms with van der Waals surface area (Å²) in [7, 11) is 0. The molecule has 0 aliphatic carbocycles. The number of nitrogens with one attached hydrogen (secondary N) is 2. The van der Waals surface area contributed by atoms with E-state index in [-0.39, 0.29) is 5.91 Å². The van der Waals surface area contributed by atoms with Crippen LogP contribution in [0.2, 0.25) is 0 Å². The van der Waals surface area contributed by atoms with E-state index in [0.717, 1.165) is 44.0 Å². The maximum absolute atomic E-state index is 11.0. The third kappa shape index (κ3) is 4.42. The summed E-state index contributed by atoms with van der Waals surface area (Å²) in [6.45, 7) is 5.32. The molecule has 2 aromatic rings. The van der Waals surface area contributed by atoms with Crippen LogP contribution in [-0.4, -0.2) is 40.4 Å². The van der Waals surface area contributed by atoms with E-state index in [2.05, 4.69) is 50.5 Å². The van der Waals surface area contributed by atoms with Crippen LogP contribution >= 0.6 is 0 Å². The maximum atomic E-state index is 11.0. The van der Waals surface area contributed by atoms with Crippen molar-refractivity contribution >= 4 is 5.91 Å². The summed E-state index contributed by atoms with van der Waals surface area (Å²) in [6.07, 6.45) is 4.07. The topological polar surface area (TPSA) is 61.0 Å². The van der Waals surface area contributed by atoms with E-state index in [1.807, 2.05) is 6.20 Å². The van der Waals surface area contributed by atoms with E-state index >= 15 is 0 Å². The van der Waals surface area contributed by atoms with Crippen molar-refractivity contribution in [2.75, 3.05) is 19.6 Å². The molecule has 0 radical (unpaired) electrons. The van der Waals surface area contributed by atoms with Gasteiger partial charge in [0, 0.05) is 25.9 Å². The zero-order valence-corrected chi connectivity index (χ0v) is 13.6. The highest BCUT2D eigenvalue weighted by molar-refractivity contribution is 5.72. The number of amides is 1. The van der Waals surface area contributed by atoms with E-state index in [4.69, 9.17) is 0 Å². The molecule has 1 aliphatic rings. The predicted molar refractivity (Wildman–Crippen MR) is 90.1 cm³/mol. The molecule has 2 N–H and O–H groups in total. The second-order valence-corrected chi connectivity index (χ2v) is 6.23. The molecule has 1 amide bonds. The Bertz CT molecular complexity index is 637. The molecule has 1 aromatic carbocycles. The normalized spacial score (nSPS) is 18.2. The Labute approximate surface area is 137 Å². The maximum Gasteiger partial charge on any atom is 0.217 e. The zero-order chi connectivity index (χ0) is 16.1. The summed E-state index contributed by atoms with van der Waals surface area (Å²) < 4.78 is 0. The summed E-state index contributed by atoms with van der Waals surface area (Å²) in [4.78, 5) is 21.3. The SMILES string of the molecule is CC(=O)NCc1cnc([C@H]2CCN(CCc3ccccc3)C2)[nH]1. The smallest absolute Gasteiger partial charge is 0.217 e. The first-order chi connectivity index (χ1) is 11.2. The largest absolute Gasteiger partial charge is 0.351 e. The summed E-state index contributed by atoms with van der Waals surface area (Å²) >= 11 is 0. The quantitative estimate of drug-likeness (QED) is 0.858. The van der Waals surface area contributed by atoms with Crippen LogP contribution in [0, 0.1) is 0 Å². The van der Waals surface area contributed by atoms with E-state index < -0.39 is 0 Å². The first-order valence-corrected chi connectivity index (χ1v) is 8.25. The molecular weight excluding hydrogens is 288 g/mol. The van der Waals surface area contributed by atoms with Crippen LogP contribution in [0.15, 0.2) is 36.5 Å². The summed E-state index contributed by atoms with van der Waals surface area (Å²) in [5.41, 5.74) is 2.37. The lowest BCUT2D eigenvalue weighted by Gasteiger charge is -2.15. The van der Waals surface area contributed by atoms with Gasteiger partial charge in [-0.15, -0.1) is 0 Å². The van der Waals surface area contributed by atoms with Crippen molar-refractivity contribution in [3.63, 3.8) is 0 Å². The fourth-order valence-corrected chi connectivity index (χ4v) is 3.08.